The molecule has 0 spiro atoms. The zero-order valence-electron chi connectivity index (χ0n) is 14.8. The molecule has 0 N–H and O–H groups in total. The van der Waals surface area contributed by atoms with Gasteiger partial charge in [-0.1, -0.05) is 59.1 Å². The Kier molecular flexibility index (Phi) is 9.48. The highest BCUT2D eigenvalue weighted by atomic mass is 14.2. The second-order valence-corrected chi connectivity index (χ2v) is 7.28. The van der Waals surface area contributed by atoms with Gasteiger partial charge in [0.2, 0.25) is 0 Å². The number of allylic oxidation sites excluding steroid dienone is 2. The molecule has 0 nitrogen and oxygen atoms in total. The van der Waals surface area contributed by atoms with Crippen LogP contribution in [-0.2, 0) is 0 Å². The molecule has 0 aromatic heterocycles. The third-order valence-corrected chi connectivity index (χ3v) is 4.54. The van der Waals surface area contributed by atoms with Crippen LogP contribution in [0.1, 0.15) is 87.5 Å². The van der Waals surface area contributed by atoms with Crippen LogP contribution in [0.4, 0.5) is 0 Å². The summed E-state index contributed by atoms with van der Waals surface area (Å²) in [5.74, 6) is 3.36. The van der Waals surface area contributed by atoms with Crippen molar-refractivity contribution < 1.29 is 0 Å². The Hall–Kier alpha value is -0.260. The van der Waals surface area contributed by atoms with Gasteiger partial charge in [0.1, 0.15) is 0 Å². The van der Waals surface area contributed by atoms with Crippen molar-refractivity contribution in [3.63, 3.8) is 0 Å². The third-order valence-electron chi connectivity index (χ3n) is 4.54. The van der Waals surface area contributed by atoms with E-state index >= 15 is 0 Å². The zero-order valence-corrected chi connectivity index (χ0v) is 14.8. The van der Waals surface area contributed by atoms with E-state index in [2.05, 4.69) is 55.4 Å². The van der Waals surface area contributed by atoms with Crippen molar-refractivity contribution in [3.05, 3.63) is 11.1 Å². The monoisotopic (exact) mass is 266 g/mol. The molecule has 0 rings (SSSR count). The molecule has 19 heavy (non-hydrogen) atoms. The van der Waals surface area contributed by atoms with Gasteiger partial charge in [0.25, 0.3) is 0 Å². The van der Waals surface area contributed by atoms with Crippen LogP contribution in [0.5, 0.6) is 0 Å². The van der Waals surface area contributed by atoms with Crippen molar-refractivity contribution in [2.75, 3.05) is 0 Å². The van der Waals surface area contributed by atoms with Gasteiger partial charge in [0.05, 0.1) is 0 Å². The van der Waals surface area contributed by atoms with Crippen LogP contribution in [-0.4, -0.2) is 0 Å². The van der Waals surface area contributed by atoms with Gasteiger partial charge in [-0.2, -0.15) is 0 Å². The SMILES string of the molecule is CCC(CC(=C(C)C)C(C)CC)CC(C)CC(C)C. The molecule has 0 amide bonds. The molecule has 3 atom stereocenters. The summed E-state index contributed by atoms with van der Waals surface area (Å²) >= 11 is 0. The molecule has 0 aromatic rings. The molecule has 0 heterocycles. The lowest BCUT2D eigenvalue weighted by Gasteiger charge is -2.25. The van der Waals surface area contributed by atoms with Gasteiger partial charge in [-0.25, -0.2) is 0 Å². The quantitative estimate of drug-likeness (QED) is 0.400. The van der Waals surface area contributed by atoms with Crippen molar-refractivity contribution in [1.82, 2.24) is 0 Å². The van der Waals surface area contributed by atoms with Crippen molar-refractivity contribution in [3.8, 4) is 0 Å². The standard InChI is InChI=1S/C19H38/c1-9-17(8)19(15(5)6)13-18(10-2)12-16(7)11-14(3)4/h14,16-18H,9-13H2,1-8H3. The summed E-state index contributed by atoms with van der Waals surface area (Å²) < 4.78 is 0. The lowest BCUT2D eigenvalue weighted by Crippen LogP contribution is -2.12. The maximum atomic E-state index is 2.44. The maximum absolute atomic E-state index is 2.44. The molecular formula is C19H38. The smallest absolute Gasteiger partial charge is 0.0232 e. The summed E-state index contributed by atoms with van der Waals surface area (Å²) in [5, 5.41) is 0. The molecule has 0 fully saturated rings. The van der Waals surface area contributed by atoms with Gasteiger partial charge in [-0.15, -0.1) is 0 Å². The molecule has 0 bridgehead atoms. The molecule has 0 radical (unpaired) electrons. The van der Waals surface area contributed by atoms with E-state index in [-0.39, 0.29) is 0 Å². The summed E-state index contributed by atoms with van der Waals surface area (Å²) in [4.78, 5) is 0. The van der Waals surface area contributed by atoms with Crippen molar-refractivity contribution >= 4 is 0 Å². The first-order chi connectivity index (χ1) is 8.81. The molecule has 114 valence electrons. The summed E-state index contributed by atoms with van der Waals surface area (Å²) in [5.41, 5.74) is 3.29. The van der Waals surface area contributed by atoms with Gasteiger partial charge in [0, 0.05) is 0 Å². The second-order valence-electron chi connectivity index (χ2n) is 7.28. The Balaban J connectivity index is 4.57. The normalized spacial score (nSPS) is 16.3. The van der Waals surface area contributed by atoms with Crippen LogP contribution in [0.25, 0.3) is 0 Å². The van der Waals surface area contributed by atoms with E-state index in [9.17, 15) is 0 Å². The van der Waals surface area contributed by atoms with Gasteiger partial charge < -0.3 is 0 Å². The topological polar surface area (TPSA) is 0 Å². The Morgan fingerprint density at radius 3 is 1.79 bits per heavy atom. The van der Waals surface area contributed by atoms with Crippen LogP contribution >= 0.6 is 0 Å². The molecule has 0 heteroatoms. The molecule has 3 unspecified atom stereocenters. The highest BCUT2D eigenvalue weighted by molar-refractivity contribution is 5.13. The minimum Gasteiger partial charge on any atom is -0.0770 e. The van der Waals surface area contributed by atoms with Crippen molar-refractivity contribution in [2.24, 2.45) is 23.7 Å². The Labute approximate surface area is 123 Å². The fourth-order valence-electron chi connectivity index (χ4n) is 3.32. The Morgan fingerprint density at radius 1 is 0.842 bits per heavy atom. The first-order valence-corrected chi connectivity index (χ1v) is 8.47. The minimum absolute atomic E-state index is 0.763. The van der Waals surface area contributed by atoms with E-state index in [1.807, 2.05) is 0 Å². The molecule has 0 aliphatic rings. The summed E-state index contributed by atoms with van der Waals surface area (Å²) in [6.45, 7) is 18.8. The van der Waals surface area contributed by atoms with Gasteiger partial charge in [0.15, 0.2) is 0 Å². The Morgan fingerprint density at radius 2 is 1.42 bits per heavy atom. The minimum atomic E-state index is 0.763. The predicted octanol–water partition coefficient (Wildman–Crippen LogP) is 6.86. The third kappa shape index (κ3) is 7.80. The van der Waals surface area contributed by atoms with Crippen LogP contribution in [0.3, 0.4) is 0 Å². The molecule has 0 aromatic carbocycles. The van der Waals surface area contributed by atoms with E-state index < -0.39 is 0 Å². The van der Waals surface area contributed by atoms with Crippen LogP contribution < -0.4 is 0 Å². The highest BCUT2D eigenvalue weighted by Crippen LogP contribution is 2.31. The molecule has 0 aliphatic carbocycles. The molecular weight excluding hydrogens is 228 g/mol. The van der Waals surface area contributed by atoms with E-state index in [4.69, 9.17) is 0 Å². The van der Waals surface area contributed by atoms with Crippen molar-refractivity contribution in [2.45, 2.75) is 87.5 Å². The maximum Gasteiger partial charge on any atom is -0.0232 e. The number of hydrogen-bond donors (Lipinski definition) is 0. The largest absolute Gasteiger partial charge is 0.0770 e. The van der Waals surface area contributed by atoms with E-state index in [0.717, 1.165) is 23.7 Å². The van der Waals surface area contributed by atoms with Crippen molar-refractivity contribution in [1.29, 1.82) is 0 Å². The second kappa shape index (κ2) is 9.61. The highest BCUT2D eigenvalue weighted by Gasteiger charge is 2.17. The van der Waals surface area contributed by atoms with E-state index in [1.165, 1.54) is 32.1 Å². The summed E-state index contributed by atoms with van der Waals surface area (Å²) in [6.07, 6.45) is 6.72. The number of rotatable bonds is 9. The fourth-order valence-corrected chi connectivity index (χ4v) is 3.32. The van der Waals surface area contributed by atoms with E-state index in [1.54, 1.807) is 11.1 Å². The Bertz CT molecular complexity index is 255. The van der Waals surface area contributed by atoms with E-state index in [0.29, 0.717) is 0 Å². The predicted molar refractivity (Wildman–Crippen MR) is 89.5 cm³/mol. The summed E-state index contributed by atoms with van der Waals surface area (Å²) in [6, 6.07) is 0. The molecule has 0 aliphatic heterocycles. The van der Waals surface area contributed by atoms with Crippen LogP contribution in [0, 0.1) is 23.7 Å². The lowest BCUT2D eigenvalue weighted by molar-refractivity contribution is 0.326. The van der Waals surface area contributed by atoms with Gasteiger partial charge >= 0.3 is 0 Å². The fraction of sp³-hybridized carbons (Fsp3) is 0.895. The zero-order chi connectivity index (χ0) is 15.0. The average molecular weight is 267 g/mol. The average Bonchev–Trinajstić information content (AvgIpc) is 2.31. The first-order valence-electron chi connectivity index (χ1n) is 8.47. The molecule has 0 saturated heterocycles. The van der Waals surface area contributed by atoms with Crippen LogP contribution in [0.15, 0.2) is 11.1 Å². The lowest BCUT2D eigenvalue weighted by atomic mass is 9.81. The van der Waals surface area contributed by atoms with Gasteiger partial charge in [-0.3, -0.25) is 0 Å². The van der Waals surface area contributed by atoms with Crippen LogP contribution in [0.2, 0.25) is 0 Å². The summed E-state index contributed by atoms with van der Waals surface area (Å²) in [7, 11) is 0. The van der Waals surface area contributed by atoms with Gasteiger partial charge in [-0.05, 0) is 63.2 Å². The number of hydrogen-bond acceptors (Lipinski definition) is 0. The molecule has 0 saturated carbocycles. The first kappa shape index (κ1) is 18.7.